The molecule has 0 spiro atoms. The first-order chi connectivity index (χ1) is 28.4. The molecule has 8 nitrogen and oxygen atoms in total. The van der Waals surface area contributed by atoms with Crippen LogP contribution in [0, 0.1) is 0 Å². The predicted octanol–water partition coefficient (Wildman–Crippen LogP) is 10.6. The second-order valence-electron chi connectivity index (χ2n) is 13.9. The van der Waals surface area contributed by atoms with Crippen LogP contribution in [0.25, 0.3) is 12.2 Å². The van der Waals surface area contributed by atoms with E-state index in [9.17, 15) is 0 Å². The van der Waals surface area contributed by atoms with Gasteiger partial charge in [-0.1, -0.05) is 79.4 Å². The third-order valence-electron chi connectivity index (χ3n) is 10.0. The van der Waals surface area contributed by atoms with E-state index in [1.165, 1.54) is 38.9 Å². The summed E-state index contributed by atoms with van der Waals surface area (Å²) in [5, 5.41) is 0. The molecule has 296 valence electrons. The predicted molar refractivity (Wildman–Crippen MR) is 237 cm³/mol. The van der Waals surface area contributed by atoms with Crippen LogP contribution in [0.15, 0.2) is 147 Å². The number of hydrogen-bond acceptors (Lipinski definition) is 8. The van der Waals surface area contributed by atoms with Crippen molar-refractivity contribution in [2.45, 2.75) is 39.0 Å². The van der Waals surface area contributed by atoms with Crippen molar-refractivity contribution >= 4 is 23.8 Å². The number of pyridine rings is 2. The second kappa shape index (κ2) is 20.4. The first-order valence-corrected chi connectivity index (χ1v) is 19.3. The third kappa shape index (κ3) is 10.9. The fraction of sp³-hybridized carbons (Fsp3) is 0.200. The molecule has 0 unspecified atom stereocenters. The molecule has 7 rings (SSSR count). The number of fused-ring (bicyclic) bond motifs is 1. The summed E-state index contributed by atoms with van der Waals surface area (Å²) in [4.78, 5) is 14.0. The van der Waals surface area contributed by atoms with E-state index in [0.717, 1.165) is 79.2 Å². The Morgan fingerprint density at radius 3 is 1.33 bits per heavy atom. The summed E-state index contributed by atoms with van der Waals surface area (Å²) in [5.74, 6) is 5.35. The molecule has 0 N–H and O–H groups in total. The maximum atomic E-state index is 5.29. The highest BCUT2D eigenvalue weighted by atomic mass is 16.5. The lowest BCUT2D eigenvalue weighted by molar-refractivity contribution is 0.414. The zero-order chi connectivity index (χ0) is 40.7. The van der Waals surface area contributed by atoms with E-state index in [2.05, 4.69) is 95.8 Å². The van der Waals surface area contributed by atoms with Gasteiger partial charge in [0.05, 0.1) is 28.4 Å². The van der Waals surface area contributed by atoms with Gasteiger partial charge in [0.25, 0.3) is 0 Å². The highest BCUT2D eigenvalue weighted by Gasteiger charge is 2.15. The van der Waals surface area contributed by atoms with Crippen LogP contribution in [0.1, 0.15) is 44.5 Å². The Balaban J connectivity index is 0.000000196. The van der Waals surface area contributed by atoms with Gasteiger partial charge in [-0.3, -0.25) is 0 Å². The van der Waals surface area contributed by atoms with Crippen LogP contribution in [0.5, 0.6) is 23.0 Å². The Morgan fingerprint density at radius 1 is 0.552 bits per heavy atom. The van der Waals surface area contributed by atoms with Crippen molar-refractivity contribution < 1.29 is 18.9 Å². The highest BCUT2D eigenvalue weighted by molar-refractivity contribution is 5.62. The van der Waals surface area contributed by atoms with Crippen molar-refractivity contribution in [1.29, 1.82) is 0 Å². The summed E-state index contributed by atoms with van der Waals surface area (Å²) in [5.41, 5.74) is 9.56. The normalized spacial score (nSPS) is 11.1. The van der Waals surface area contributed by atoms with Crippen molar-refractivity contribution in [3.05, 3.63) is 191 Å². The number of ether oxygens (including phenoxy) is 4. The van der Waals surface area contributed by atoms with Gasteiger partial charge in [0.15, 0.2) is 0 Å². The SMILES string of the molecule is C=CCc1cc(N(Cc2ccc(OC)cc2)Cc2ccc(OC)cc2)ncc1C=C.COc1ccc(CN(Cc2ccc(OC)cc2)c2cc3c(cn2)C=CC3)cc1. The topological polar surface area (TPSA) is 69.2 Å². The number of anilines is 2. The van der Waals surface area contributed by atoms with Gasteiger partial charge >= 0.3 is 0 Å². The zero-order valence-corrected chi connectivity index (χ0v) is 33.9. The number of hydrogen-bond donors (Lipinski definition) is 0. The molecule has 4 aromatic carbocycles. The summed E-state index contributed by atoms with van der Waals surface area (Å²) in [6.45, 7) is 10.8. The molecule has 1 aliphatic rings. The van der Waals surface area contributed by atoms with Crippen molar-refractivity contribution in [2.75, 3.05) is 38.2 Å². The number of nitrogens with zero attached hydrogens (tertiary/aromatic N) is 4. The van der Waals surface area contributed by atoms with E-state index in [4.69, 9.17) is 28.9 Å². The van der Waals surface area contributed by atoms with E-state index < -0.39 is 0 Å². The van der Waals surface area contributed by atoms with Gasteiger partial charge in [-0.2, -0.15) is 0 Å². The maximum absolute atomic E-state index is 5.29. The number of allylic oxidation sites excluding steroid dienone is 2. The van der Waals surface area contributed by atoms with Crippen molar-refractivity contribution in [3.63, 3.8) is 0 Å². The molecule has 0 amide bonds. The van der Waals surface area contributed by atoms with Crippen LogP contribution >= 0.6 is 0 Å². The minimum absolute atomic E-state index is 0.726. The van der Waals surface area contributed by atoms with Crippen LogP contribution in [-0.2, 0) is 39.0 Å². The van der Waals surface area contributed by atoms with Crippen molar-refractivity contribution in [3.8, 4) is 23.0 Å². The molecule has 2 heterocycles. The van der Waals surface area contributed by atoms with E-state index in [1.807, 2.05) is 73.1 Å². The summed E-state index contributed by atoms with van der Waals surface area (Å²) < 4.78 is 21.1. The molecule has 0 saturated heterocycles. The molecular formula is C50H52N4O4. The van der Waals surface area contributed by atoms with Gasteiger partial charge in [-0.15, -0.1) is 6.58 Å². The Bertz CT molecular complexity index is 2170. The van der Waals surface area contributed by atoms with E-state index in [0.29, 0.717) is 0 Å². The molecule has 8 heteroatoms. The molecule has 0 radical (unpaired) electrons. The molecule has 0 aliphatic heterocycles. The smallest absolute Gasteiger partial charge is 0.129 e. The molecule has 0 atom stereocenters. The minimum Gasteiger partial charge on any atom is -0.497 e. The second-order valence-corrected chi connectivity index (χ2v) is 13.9. The molecule has 6 aromatic rings. The summed E-state index contributed by atoms with van der Waals surface area (Å²) in [6, 6.07) is 37.1. The molecule has 58 heavy (non-hydrogen) atoms. The van der Waals surface area contributed by atoms with Gasteiger partial charge in [0.1, 0.15) is 34.6 Å². The van der Waals surface area contributed by atoms with Crippen LogP contribution in [0.3, 0.4) is 0 Å². The van der Waals surface area contributed by atoms with Crippen molar-refractivity contribution in [2.24, 2.45) is 0 Å². The molecule has 0 bridgehead atoms. The fourth-order valence-electron chi connectivity index (χ4n) is 6.73. The van der Waals surface area contributed by atoms with Gasteiger partial charge < -0.3 is 28.7 Å². The first-order valence-electron chi connectivity index (χ1n) is 19.3. The van der Waals surface area contributed by atoms with Gasteiger partial charge in [-0.25, -0.2) is 9.97 Å². The van der Waals surface area contributed by atoms with Crippen molar-refractivity contribution in [1.82, 2.24) is 9.97 Å². The lowest BCUT2D eigenvalue weighted by Gasteiger charge is -2.25. The molecule has 0 saturated carbocycles. The zero-order valence-electron chi connectivity index (χ0n) is 33.9. The molecular weight excluding hydrogens is 721 g/mol. The molecule has 1 aliphatic carbocycles. The Labute approximate surface area is 343 Å². The lowest BCUT2D eigenvalue weighted by Crippen LogP contribution is -2.23. The summed E-state index contributed by atoms with van der Waals surface area (Å²) in [7, 11) is 6.73. The summed E-state index contributed by atoms with van der Waals surface area (Å²) >= 11 is 0. The fourth-order valence-corrected chi connectivity index (χ4v) is 6.73. The van der Waals surface area contributed by atoms with E-state index >= 15 is 0 Å². The monoisotopic (exact) mass is 772 g/mol. The van der Waals surface area contributed by atoms with Crippen LogP contribution < -0.4 is 28.7 Å². The average Bonchev–Trinajstić information content (AvgIpc) is 3.76. The standard InChI is InChI=1S/C26H28N2O2.C24H24N2O2/c1-5-7-23-16-26(27-17-22(23)6-2)28(18-20-8-12-24(29-3)13-9-20)19-21-10-14-25(30-4)15-11-21;1-27-22-10-6-18(7-11-22)16-26(17-19-8-12-23(28-2)13-9-19)24-14-20-4-3-5-21(20)15-25-24/h5-6,8-17H,1-2,7,18-19H2,3-4H3;3,5-15H,4,16-17H2,1-2H3. The van der Waals surface area contributed by atoms with E-state index in [-0.39, 0.29) is 0 Å². The van der Waals surface area contributed by atoms with E-state index in [1.54, 1.807) is 28.4 Å². The lowest BCUT2D eigenvalue weighted by atomic mass is 10.1. The number of benzene rings is 4. The summed E-state index contributed by atoms with van der Waals surface area (Å²) in [6.07, 6.45) is 13.7. The van der Waals surface area contributed by atoms with Gasteiger partial charge in [-0.05, 0) is 118 Å². The number of aromatic nitrogens is 2. The molecule has 0 fully saturated rings. The minimum atomic E-state index is 0.726. The Morgan fingerprint density at radius 2 is 0.948 bits per heavy atom. The molecule has 2 aromatic heterocycles. The Hall–Kier alpha value is -6.80. The Kier molecular flexibility index (Phi) is 14.4. The average molecular weight is 773 g/mol. The third-order valence-corrected chi connectivity index (χ3v) is 10.0. The maximum Gasteiger partial charge on any atom is 0.129 e. The quantitative estimate of drug-likeness (QED) is 0.0849. The largest absolute Gasteiger partial charge is 0.497 e. The highest BCUT2D eigenvalue weighted by Crippen LogP contribution is 2.27. The number of rotatable bonds is 17. The first kappa shape index (κ1) is 40.9. The van der Waals surface area contributed by atoms with Crippen LogP contribution in [0.2, 0.25) is 0 Å². The van der Waals surface area contributed by atoms with Crippen LogP contribution in [0.4, 0.5) is 11.6 Å². The van der Waals surface area contributed by atoms with Gasteiger partial charge in [0, 0.05) is 38.6 Å². The number of methoxy groups -OCH3 is 4. The van der Waals surface area contributed by atoms with Gasteiger partial charge in [0.2, 0.25) is 0 Å². The van der Waals surface area contributed by atoms with Crippen LogP contribution in [-0.4, -0.2) is 38.4 Å².